The van der Waals surface area contributed by atoms with E-state index in [0.29, 0.717) is 16.1 Å². The minimum Gasteiger partial charge on any atom is -0.422 e. The first kappa shape index (κ1) is 14.3. The molecule has 0 aliphatic rings. The minimum atomic E-state index is -0.695. The van der Waals surface area contributed by atoms with E-state index in [1.54, 1.807) is 24.3 Å². The summed E-state index contributed by atoms with van der Waals surface area (Å²) in [6.45, 7) is 1.97. The number of aromatic amines is 1. The van der Waals surface area contributed by atoms with E-state index in [1.807, 2.05) is 6.92 Å². The van der Waals surface area contributed by atoms with Gasteiger partial charge in [0.1, 0.15) is 11.1 Å². The van der Waals surface area contributed by atoms with Crippen molar-refractivity contribution in [2.24, 2.45) is 0 Å². The topological polar surface area (TPSA) is 101 Å². The van der Waals surface area contributed by atoms with Crippen LogP contribution in [0.15, 0.2) is 44.7 Å². The number of hydrogen-bond donors (Lipinski definition) is 2. The Bertz CT molecular complexity index is 887. The van der Waals surface area contributed by atoms with Gasteiger partial charge in [-0.3, -0.25) is 10.1 Å². The van der Waals surface area contributed by atoms with Gasteiger partial charge in [-0.15, -0.1) is 5.10 Å². The lowest BCUT2D eigenvalue weighted by Gasteiger charge is -2.01. The largest absolute Gasteiger partial charge is 0.422 e. The Morgan fingerprint density at radius 1 is 1.41 bits per heavy atom. The molecule has 7 nitrogen and oxygen atoms in total. The number of H-pyrrole nitrogens is 1. The second-order valence-corrected chi connectivity index (χ2v) is 5.57. The molecule has 0 unspecified atom stereocenters. The second-order valence-electron chi connectivity index (χ2n) is 4.34. The summed E-state index contributed by atoms with van der Waals surface area (Å²) in [4.78, 5) is 28.2. The predicted molar refractivity (Wildman–Crippen MR) is 83.2 cm³/mol. The second kappa shape index (κ2) is 6.02. The van der Waals surface area contributed by atoms with Crippen molar-refractivity contribution in [1.82, 2.24) is 15.2 Å². The molecule has 0 fully saturated rings. The molecule has 2 aromatic heterocycles. The Labute approximate surface area is 129 Å². The summed E-state index contributed by atoms with van der Waals surface area (Å²) in [7, 11) is 0. The molecule has 2 N–H and O–H groups in total. The number of fused-ring (bicyclic) bond motifs is 1. The third-order valence-electron chi connectivity index (χ3n) is 2.86. The number of rotatable bonds is 4. The Morgan fingerprint density at radius 3 is 3.05 bits per heavy atom. The van der Waals surface area contributed by atoms with Gasteiger partial charge in [0.25, 0.3) is 5.91 Å². The molecule has 0 bridgehead atoms. The van der Waals surface area contributed by atoms with Gasteiger partial charge in [0.2, 0.25) is 11.1 Å². The van der Waals surface area contributed by atoms with Crippen LogP contribution in [0.3, 0.4) is 0 Å². The van der Waals surface area contributed by atoms with Crippen molar-refractivity contribution < 1.29 is 9.21 Å². The quantitative estimate of drug-likeness (QED) is 0.565. The molecule has 3 aromatic rings. The number of carbonyl (C=O) groups excluding carboxylic acids is 1. The maximum absolute atomic E-state index is 12.2. The number of amides is 1. The fourth-order valence-electron chi connectivity index (χ4n) is 1.89. The Hall–Kier alpha value is -2.61. The maximum atomic E-state index is 12.2. The van der Waals surface area contributed by atoms with Gasteiger partial charge in [0.15, 0.2) is 0 Å². The number of carbonyl (C=O) groups is 1. The number of nitrogens with one attached hydrogen (secondary N) is 2. The molecule has 3 rings (SSSR count). The van der Waals surface area contributed by atoms with Crippen LogP contribution in [0.2, 0.25) is 0 Å². The molecule has 0 atom stereocenters. The van der Waals surface area contributed by atoms with Crippen LogP contribution in [-0.4, -0.2) is 26.8 Å². The molecule has 2 heterocycles. The molecule has 0 saturated carbocycles. The van der Waals surface area contributed by atoms with Crippen LogP contribution >= 0.6 is 11.8 Å². The number of thioether (sulfide) groups is 1. The zero-order chi connectivity index (χ0) is 15.5. The van der Waals surface area contributed by atoms with E-state index in [1.165, 1.54) is 17.8 Å². The normalized spacial score (nSPS) is 10.8. The number of hydrogen-bond acceptors (Lipinski definition) is 6. The van der Waals surface area contributed by atoms with Crippen molar-refractivity contribution in [3.8, 4) is 0 Å². The first-order chi connectivity index (χ1) is 10.7. The van der Waals surface area contributed by atoms with E-state index in [-0.39, 0.29) is 11.5 Å². The predicted octanol–water partition coefficient (Wildman–Crippen LogP) is 2.28. The van der Waals surface area contributed by atoms with Gasteiger partial charge in [-0.05, 0) is 17.9 Å². The van der Waals surface area contributed by atoms with Crippen molar-refractivity contribution in [2.45, 2.75) is 12.1 Å². The monoisotopic (exact) mass is 316 g/mol. The van der Waals surface area contributed by atoms with Crippen molar-refractivity contribution in [3.63, 3.8) is 0 Å². The summed E-state index contributed by atoms with van der Waals surface area (Å²) in [5.41, 5.74) is -0.344. The van der Waals surface area contributed by atoms with Crippen molar-refractivity contribution in [3.05, 3.63) is 46.3 Å². The summed E-state index contributed by atoms with van der Waals surface area (Å²) < 4.78 is 5.13. The highest BCUT2D eigenvalue weighted by atomic mass is 32.2. The Morgan fingerprint density at radius 2 is 2.23 bits per heavy atom. The van der Waals surface area contributed by atoms with E-state index in [0.717, 1.165) is 5.75 Å². The number of nitrogens with zero attached hydrogens (tertiary/aromatic N) is 2. The van der Waals surface area contributed by atoms with Crippen molar-refractivity contribution in [2.75, 3.05) is 11.1 Å². The van der Waals surface area contributed by atoms with E-state index >= 15 is 0 Å². The molecule has 8 heteroatoms. The van der Waals surface area contributed by atoms with Gasteiger partial charge in [0, 0.05) is 5.39 Å². The van der Waals surface area contributed by atoms with Crippen molar-refractivity contribution in [1.29, 1.82) is 0 Å². The summed E-state index contributed by atoms with van der Waals surface area (Å²) in [5.74, 6) is 0.414. The highest BCUT2D eigenvalue weighted by Gasteiger charge is 2.15. The lowest BCUT2D eigenvalue weighted by atomic mass is 10.2. The molecule has 0 radical (unpaired) electrons. The van der Waals surface area contributed by atoms with Crippen LogP contribution in [0.1, 0.15) is 17.3 Å². The summed E-state index contributed by atoms with van der Waals surface area (Å²) in [6, 6.07) is 8.48. The lowest BCUT2D eigenvalue weighted by Crippen LogP contribution is -2.21. The van der Waals surface area contributed by atoms with Gasteiger partial charge < -0.3 is 4.42 Å². The number of benzene rings is 1. The van der Waals surface area contributed by atoms with Gasteiger partial charge in [-0.2, -0.15) is 4.98 Å². The molecule has 0 spiro atoms. The summed E-state index contributed by atoms with van der Waals surface area (Å²) in [5, 5.41) is 10.2. The highest BCUT2D eigenvalue weighted by Crippen LogP contribution is 2.15. The Kier molecular flexibility index (Phi) is 3.92. The number of para-hydroxylation sites is 1. The number of aromatic nitrogens is 3. The molecule has 0 aliphatic carbocycles. The SMILES string of the molecule is CCSc1n[nH]c(NC(=O)c2cc3ccccc3oc2=O)n1. The zero-order valence-corrected chi connectivity index (χ0v) is 12.4. The van der Waals surface area contributed by atoms with Crippen LogP contribution in [0.25, 0.3) is 11.0 Å². The smallest absolute Gasteiger partial charge is 0.349 e. The first-order valence-corrected chi connectivity index (χ1v) is 7.55. The maximum Gasteiger partial charge on any atom is 0.349 e. The fourth-order valence-corrected chi connectivity index (χ4v) is 2.42. The molecular weight excluding hydrogens is 304 g/mol. The van der Waals surface area contributed by atoms with Crippen LogP contribution in [0, 0.1) is 0 Å². The average Bonchev–Trinajstić information content (AvgIpc) is 2.94. The minimum absolute atomic E-state index is 0.0835. The molecule has 112 valence electrons. The highest BCUT2D eigenvalue weighted by molar-refractivity contribution is 7.99. The first-order valence-electron chi connectivity index (χ1n) is 6.57. The fraction of sp³-hybridized carbons (Fsp3) is 0.143. The van der Waals surface area contributed by atoms with Crippen LogP contribution < -0.4 is 10.9 Å². The van der Waals surface area contributed by atoms with E-state index < -0.39 is 11.5 Å². The van der Waals surface area contributed by atoms with Gasteiger partial charge in [-0.1, -0.05) is 36.9 Å². The molecule has 0 aliphatic heterocycles. The molecule has 1 amide bonds. The Balaban J connectivity index is 1.88. The van der Waals surface area contributed by atoms with Crippen molar-refractivity contribution >= 4 is 34.6 Å². The third-order valence-corrected chi connectivity index (χ3v) is 3.59. The molecule has 0 saturated heterocycles. The van der Waals surface area contributed by atoms with Crippen LogP contribution in [-0.2, 0) is 0 Å². The zero-order valence-electron chi connectivity index (χ0n) is 11.6. The average molecular weight is 316 g/mol. The van der Waals surface area contributed by atoms with Gasteiger partial charge in [-0.25, -0.2) is 9.89 Å². The standard InChI is InChI=1S/C14H12N4O3S/c1-2-22-14-16-13(17-18-14)15-11(19)9-7-8-5-3-4-6-10(8)21-12(9)20/h3-7H,2H2,1H3,(H2,15,16,17,18,19). The van der Waals surface area contributed by atoms with E-state index in [9.17, 15) is 9.59 Å². The molecular formula is C14H12N4O3S. The molecule has 22 heavy (non-hydrogen) atoms. The van der Waals surface area contributed by atoms with Crippen LogP contribution in [0.4, 0.5) is 5.95 Å². The van der Waals surface area contributed by atoms with Gasteiger partial charge in [0.05, 0.1) is 0 Å². The van der Waals surface area contributed by atoms with Gasteiger partial charge >= 0.3 is 5.63 Å². The van der Waals surface area contributed by atoms with Crippen LogP contribution in [0.5, 0.6) is 0 Å². The summed E-state index contributed by atoms with van der Waals surface area (Å²) >= 11 is 1.44. The lowest BCUT2D eigenvalue weighted by molar-refractivity contribution is 0.102. The van der Waals surface area contributed by atoms with E-state index in [2.05, 4.69) is 20.5 Å². The number of anilines is 1. The molecule has 1 aromatic carbocycles. The summed E-state index contributed by atoms with van der Waals surface area (Å²) in [6.07, 6.45) is 0. The third kappa shape index (κ3) is 2.86. The van der Waals surface area contributed by atoms with E-state index in [4.69, 9.17) is 4.42 Å².